The molecular formula is C19H11BrF3N3O. The molecule has 0 spiro atoms. The summed E-state index contributed by atoms with van der Waals surface area (Å²) < 4.78 is 39.2. The van der Waals surface area contributed by atoms with Crippen LogP contribution in [0.15, 0.2) is 58.7 Å². The molecule has 1 aromatic heterocycles. The fraction of sp³-hybridized carbons (Fsp3) is 0.0526. The van der Waals surface area contributed by atoms with Gasteiger partial charge in [0.05, 0.1) is 5.56 Å². The van der Waals surface area contributed by atoms with Crippen LogP contribution in [-0.4, -0.2) is 10.9 Å². The minimum Gasteiger partial charge on any atom is -0.361 e. The van der Waals surface area contributed by atoms with Crippen molar-refractivity contribution < 1.29 is 18.0 Å². The minimum atomic E-state index is -4.52. The molecule has 2 aromatic carbocycles. The highest BCUT2D eigenvalue weighted by Crippen LogP contribution is 2.31. The molecule has 0 fully saturated rings. The Morgan fingerprint density at radius 1 is 1.22 bits per heavy atom. The predicted octanol–water partition coefficient (Wildman–Crippen LogP) is 5.49. The number of benzene rings is 2. The van der Waals surface area contributed by atoms with Crippen LogP contribution < -0.4 is 5.32 Å². The molecule has 0 saturated carbocycles. The van der Waals surface area contributed by atoms with E-state index in [0.717, 1.165) is 27.5 Å². The summed E-state index contributed by atoms with van der Waals surface area (Å²) in [4.78, 5) is 15.4. The van der Waals surface area contributed by atoms with Crippen LogP contribution in [-0.2, 0) is 11.0 Å². The molecule has 0 radical (unpaired) electrons. The van der Waals surface area contributed by atoms with Crippen molar-refractivity contribution in [1.29, 1.82) is 5.26 Å². The van der Waals surface area contributed by atoms with E-state index < -0.39 is 17.6 Å². The second kappa shape index (κ2) is 7.29. The average Bonchev–Trinajstić information content (AvgIpc) is 3.01. The van der Waals surface area contributed by atoms with Crippen molar-refractivity contribution in [1.82, 2.24) is 4.98 Å². The number of H-pyrrole nitrogens is 1. The second-order valence-corrected chi connectivity index (χ2v) is 6.55. The maximum absolute atomic E-state index is 12.8. The van der Waals surface area contributed by atoms with Crippen LogP contribution in [0.4, 0.5) is 18.9 Å². The number of carbonyl (C=O) groups is 1. The van der Waals surface area contributed by atoms with E-state index in [4.69, 9.17) is 0 Å². The van der Waals surface area contributed by atoms with E-state index in [0.29, 0.717) is 5.56 Å². The minimum absolute atomic E-state index is 0.0438. The van der Waals surface area contributed by atoms with Gasteiger partial charge in [0.15, 0.2) is 0 Å². The van der Waals surface area contributed by atoms with Crippen LogP contribution in [0, 0.1) is 11.3 Å². The number of alkyl halides is 3. The highest BCUT2D eigenvalue weighted by atomic mass is 79.9. The Kier molecular flexibility index (Phi) is 5.06. The number of nitrogens with one attached hydrogen (secondary N) is 2. The van der Waals surface area contributed by atoms with Crippen LogP contribution in [0.1, 0.15) is 11.1 Å². The highest BCUT2D eigenvalue weighted by Gasteiger charge is 2.30. The maximum Gasteiger partial charge on any atom is 0.416 e. The number of amides is 1. The molecule has 27 heavy (non-hydrogen) atoms. The summed E-state index contributed by atoms with van der Waals surface area (Å²) in [5, 5.41) is 12.4. The van der Waals surface area contributed by atoms with Gasteiger partial charge in [-0.3, -0.25) is 4.79 Å². The van der Waals surface area contributed by atoms with Gasteiger partial charge >= 0.3 is 6.18 Å². The first-order valence-corrected chi connectivity index (χ1v) is 8.44. The zero-order valence-corrected chi connectivity index (χ0v) is 15.1. The lowest BCUT2D eigenvalue weighted by atomic mass is 10.1. The number of nitriles is 1. The molecule has 0 unspecified atom stereocenters. The van der Waals surface area contributed by atoms with Gasteiger partial charge < -0.3 is 10.3 Å². The van der Waals surface area contributed by atoms with Gasteiger partial charge in [0, 0.05) is 32.8 Å². The van der Waals surface area contributed by atoms with Gasteiger partial charge in [0.2, 0.25) is 0 Å². The molecule has 3 rings (SSSR count). The van der Waals surface area contributed by atoms with Crippen molar-refractivity contribution in [3.8, 4) is 6.07 Å². The fourth-order valence-electron chi connectivity index (χ4n) is 2.51. The number of halogens is 4. The molecular weight excluding hydrogens is 423 g/mol. The molecule has 0 atom stereocenters. The number of rotatable bonds is 3. The molecule has 1 amide bonds. The molecule has 8 heteroatoms. The molecule has 0 aliphatic heterocycles. The summed E-state index contributed by atoms with van der Waals surface area (Å²) in [5.74, 6) is -0.791. The molecule has 0 aliphatic rings. The second-order valence-electron chi connectivity index (χ2n) is 5.64. The lowest BCUT2D eigenvalue weighted by Crippen LogP contribution is -2.14. The molecule has 1 heterocycles. The third kappa shape index (κ3) is 4.20. The average molecular weight is 434 g/mol. The van der Waals surface area contributed by atoms with Crippen molar-refractivity contribution in [2.75, 3.05) is 5.32 Å². The van der Waals surface area contributed by atoms with Crippen molar-refractivity contribution in [2.24, 2.45) is 0 Å². The van der Waals surface area contributed by atoms with Crippen molar-refractivity contribution in [3.05, 3.63) is 69.8 Å². The van der Waals surface area contributed by atoms with E-state index in [2.05, 4.69) is 26.2 Å². The first-order chi connectivity index (χ1) is 12.8. The predicted molar refractivity (Wildman–Crippen MR) is 99.7 cm³/mol. The summed E-state index contributed by atoms with van der Waals surface area (Å²) in [7, 11) is 0. The number of carbonyl (C=O) groups excluding carboxylic acids is 1. The van der Waals surface area contributed by atoms with Crippen LogP contribution in [0.3, 0.4) is 0 Å². The van der Waals surface area contributed by atoms with E-state index in [1.54, 1.807) is 12.3 Å². The molecule has 2 N–H and O–H groups in total. The Hall–Kier alpha value is -3.05. The topological polar surface area (TPSA) is 68.7 Å². The zero-order valence-electron chi connectivity index (χ0n) is 13.6. The first kappa shape index (κ1) is 18.7. The van der Waals surface area contributed by atoms with Crippen molar-refractivity contribution >= 4 is 44.5 Å². The molecule has 0 saturated heterocycles. The van der Waals surface area contributed by atoms with Crippen LogP contribution in [0.25, 0.3) is 17.0 Å². The molecule has 3 aromatic rings. The van der Waals surface area contributed by atoms with E-state index >= 15 is 0 Å². The van der Waals surface area contributed by atoms with E-state index in [1.807, 2.05) is 18.2 Å². The SMILES string of the molecule is N#C/C(=C\c1c[nH]c2ccc(Br)cc12)C(=O)Nc1cccc(C(F)(F)F)c1. The lowest BCUT2D eigenvalue weighted by molar-refractivity contribution is -0.137. The lowest BCUT2D eigenvalue weighted by Gasteiger charge is -2.09. The third-order valence-corrected chi connectivity index (χ3v) is 4.28. The summed E-state index contributed by atoms with van der Waals surface area (Å²) in [6.45, 7) is 0. The number of aromatic amines is 1. The van der Waals surface area contributed by atoms with Crippen LogP contribution in [0.2, 0.25) is 0 Å². The largest absolute Gasteiger partial charge is 0.416 e. The fourth-order valence-corrected chi connectivity index (χ4v) is 2.87. The Labute approximate surface area is 160 Å². The van der Waals surface area contributed by atoms with Gasteiger partial charge in [-0.2, -0.15) is 18.4 Å². The van der Waals surface area contributed by atoms with Gasteiger partial charge in [-0.05, 0) is 42.5 Å². The summed E-state index contributed by atoms with van der Waals surface area (Å²) >= 11 is 3.36. The van der Waals surface area contributed by atoms with Crippen LogP contribution >= 0.6 is 15.9 Å². The number of hydrogen-bond acceptors (Lipinski definition) is 2. The third-order valence-electron chi connectivity index (χ3n) is 3.79. The Morgan fingerprint density at radius 2 is 2.00 bits per heavy atom. The molecule has 4 nitrogen and oxygen atoms in total. The molecule has 136 valence electrons. The smallest absolute Gasteiger partial charge is 0.361 e. The summed E-state index contributed by atoms with van der Waals surface area (Å²) in [6, 6.07) is 11.5. The van der Waals surface area contributed by atoms with E-state index in [-0.39, 0.29) is 11.3 Å². The van der Waals surface area contributed by atoms with E-state index in [1.165, 1.54) is 18.2 Å². The quantitative estimate of drug-likeness (QED) is 0.423. The van der Waals surface area contributed by atoms with Gasteiger partial charge in [-0.1, -0.05) is 22.0 Å². The number of aromatic nitrogens is 1. The molecule has 0 bridgehead atoms. The van der Waals surface area contributed by atoms with E-state index in [9.17, 15) is 23.2 Å². The number of nitrogens with zero attached hydrogens (tertiary/aromatic N) is 1. The Balaban J connectivity index is 1.89. The van der Waals surface area contributed by atoms with Gasteiger partial charge in [-0.15, -0.1) is 0 Å². The maximum atomic E-state index is 12.8. The highest BCUT2D eigenvalue weighted by molar-refractivity contribution is 9.10. The summed E-state index contributed by atoms with van der Waals surface area (Å²) in [6.07, 6.45) is -1.49. The number of hydrogen-bond donors (Lipinski definition) is 2. The van der Waals surface area contributed by atoms with Gasteiger partial charge in [0.25, 0.3) is 5.91 Å². The Morgan fingerprint density at radius 3 is 2.70 bits per heavy atom. The standard InChI is InChI=1S/C19H11BrF3N3O/c20-14-4-5-17-16(8-14)12(10-25-17)6-11(9-24)18(27)26-15-3-1-2-13(7-15)19(21,22)23/h1-8,10,25H,(H,26,27)/b11-6+. The number of anilines is 1. The van der Waals surface area contributed by atoms with Crippen molar-refractivity contribution in [2.45, 2.75) is 6.18 Å². The zero-order chi connectivity index (χ0) is 19.6. The van der Waals surface area contributed by atoms with Crippen molar-refractivity contribution in [3.63, 3.8) is 0 Å². The normalized spacial score (nSPS) is 12.0. The molecule has 0 aliphatic carbocycles. The van der Waals surface area contributed by atoms with Gasteiger partial charge in [-0.25, -0.2) is 0 Å². The Bertz CT molecular complexity index is 1090. The number of fused-ring (bicyclic) bond motifs is 1. The van der Waals surface area contributed by atoms with Gasteiger partial charge in [0.1, 0.15) is 11.6 Å². The monoisotopic (exact) mass is 433 g/mol. The van der Waals surface area contributed by atoms with Crippen LogP contribution in [0.5, 0.6) is 0 Å². The summed E-state index contributed by atoms with van der Waals surface area (Å²) in [5.41, 5.74) is 0.275. The first-order valence-electron chi connectivity index (χ1n) is 7.65.